The van der Waals surface area contributed by atoms with Gasteiger partial charge in [0, 0.05) is 26.1 Å². The van der Waals surface area contributed by atoms with Crippen molar-refractivity contribution in [2.45, 2.75) is 25.8 Å². The first-order valence-electron chi connectivity index (χ1n) is 11.0. The Balaban J connectivity index is 0.000000303. The highest BCUT2D eigenvalue weighted by Crippen LogP contribution is 2.29. The molecule has 0 radical (unpaired) electrons. The number of carboxylic acids is 1. The van der Waals surface area contributed by atoms with E-state index < -0.39 is 11.9 Å². The van der Waals surface area contributed by atoms with Gasteiger partial charge in [-0.2, -0.15) is 10.5 Å². The molecule has 184 valence electrons. The molecular formula is C25H23N5O6. The van der Waals surface area contributed by atoms with E-state index in [9.17, 15) is 14.4 Å². The quantitative estimate of drug-likeness (QED) is 0.485. The van der Waals surface area contributed by atoms with Crippen LogP contribution in [-0.4, -0.2) is 42.0 Å². The minimum atomic E-state index is -1.17. The van der Waals surface area contributed by atoms with Crippen molar-refractivity contribution in [3.8, 4) is 12.1 Å². The number of carbonyl (C=O) groups excluding carboxylic acids is 2. The number of benzene rings is 1. The van der Waals surface area contributed by atoms with E-state index in [0.29, 0.717) is 5.69 Å². The zero-order valence-corrected chi connectivity index (χ0v) is 19.4. The SMILES string of the molecule is CC(=O)NC1CCN(c2ccccc2NC(=O)c2ccc(C#N)o2)CC1.N#Cc1ccc(C(=O)O)o1. The Bertz CT molecular complexity index is 1320. The number of hydrogen-bond donors (Lipinski definition) is 3. The van der Waals surface area contributed by atoms with Gasteiger partial charge >= 0.3 is 5.97 Å². The molecule has 0 spiro atoms. The molecule has 1 aliphatic rings. The summed E-state index contributed by atoms with van der Waals surface area (Å²) in [5.41, 5.74) is 1.61. The van der Waals surface area contributed by atoms with E-state index in [-0.39, 0.29) is 35.0 Å². The van der Waals surface area contributed by atoms with Crippen LogP contribution in [0.15, 0.2) is 57.4 Å². The maximum Gasteiger partial charge on any atom is 0.371 e. The molecule has 0 bridgehead atoms. The number of nitriles is 2. The molecule has 3 aromatic rings. The Morgan fingerprint density at radius 1 is 0.944 bits per heavy atom. The molecule has 0 aliphatic carbocycles. The van der Waals surface area contributed by atoms with Crippen LogP contribution in [0.3, 0.4) is 0 Å². The highest BCUT2D eigenvalue weighted by Gasteiger charge is 2.22. The largest absolute Gasteiger partial charge is 0.475 e. The number of furan rings is 2. The first kappa shape index (κ1) is 25.6. The Hall–Kier alpha value is -5.03. The third-order valence-corrected chi connectivity index (χ3v) is 5.26. The smallest absolute Gasteiger partial charge is 0.371 e. The molecule has 0 atom stereocenters. The van der Waals surface area contributed by atoms with Crippen molar-refractivity contribution in [1.82, 2.24) is 5.32 Å². The van der Waals surface area contributed by atoms with E-state index in [1.165, 1.54) is 31.2 Å². The van der Waals surface area contributed by atoms with E-state index in [0.717, 1.165) is 31.6 Å². The van der Waals surface area contributed by atoms with Crippen LogP contribution in [0, 0.1) is 22.7 Å². The number of aromatic carboxylic acids is 1. The second-order valence-corrected chi connectivity index (χ2v) is 7.79. The topological polar surface area (TPSA) is 173 Å². The molecule has 1 aromatic carbocycles. The monoisotopic (exact) mass is 489 g/mol. The number of hydrogen-bond acceptors (Lipinski definition) is 8. The van der Waals surface area contributed by atoms with Gasteiger partial charge in [-0.3, -0.25) is 9.59 Å². The fraction of sp³-hybridized carbons (Fsp3) is 0.240. The van der Waals surface area contributed by atoms with Gasteiger partial charge in [0.15, 0.2) is 5.76 Å². The molecule has 3 N–H and O–H groups in total. The number of amides is 2. The van der Waals surface area contributed by atoms with Crippen molar-refractivity contribution in [1.29, 1.82) is 10.5 Å². The van der Waals surface area contributed by atoms with Crippen molar-refractivity contribution in [3.63, 3.8) is 0 Å². The summed E-state index contributed by atoms with van der Waals surface area (Å²) in [5.74, 6) is -1.57. The molecule has 11 nitrogen and oxygen atoms in total. The summed E-state index contributed by atoms with van der Waals surface area (Å²) in [5, 5.41) is 31.1. The van der Waals surface area contributed by atoms with Crippen LogP contribution >= 0.6 is 0 Å². The predicted molar refractivity (Wildman–Crippen MR) is 127 cm³/mol. The van der Waals surface area contributed by atoms with E-state index in [1.54, 1.807) is 6.07 Å². The molecule has 11 heteroatoms. The number of nitrogens with one attached hydrogen (secondary N) is 2. The molecule has 2 aromatic heterocycles. The van der Waals surface area contributed by atoms with Crippen LogP contribution in [0.4, 0.5) is 11.4 Å². The lowest BCUT2D eigenvalue weighted by Gasteiger charge is -2.34. The summed E-state index contributed by atoms with van der Waals surface area (Å²) in [6, 6.07) is 16.8. The standard InChI is InChI=1S/C19H20N4O3.C6H3NO3/c1-13(24)21-14-8-10-23(11-9-14)17-5-3-2-4-16(17)22-19(25)18-7-6-15(12-20)26-18;7-3-4-1-2-5(10-4)6(8)9/h2-7,14H,8-11H2,1H3,(H,21,24)(H,22,25);1-2H,(H,8,9). The second kappa shape index (κ2) is 11.9. The van der Waals surface area contributed by atoms with Gasteiger partial charge in [0.1, 0.15) is 12.1 Å². The number of carboxylic acid groups (broad SMARTS) is 1. The molecule has 3 heterocycles. The number of piperidine rings is 1. The summed E-state index contributed by atoms with van der Waals surface area (Å²) in [7, 11) is 0. The van der Waals surface area contributed by atoms with Gasteiger partial charge in [0.05, 0.1) is 11.4 Å². The van der Waals surface area contributed by atoms with Gasteiger partial charge in [-0.15, -0.1) is 0 Å². The summed E-state index contributed by atoms with van der Waals surface area (Å²) >= 11 is 0. The lowest BCUT2D eigenvalue weighted by molar-refractivity contribution is -0.119. The fourth-order valence-corrected chi connectivity index (χ4v) is 3.62. The maximum atomic E-state index is 12.4. The zero-order chi connectivity index (χ0) is 26.1. The average molecular weight is 489 g/mol. The average Bonchev–Trinajstić information content (AvgIpc) is 3.55. The lowest BCUT2D eigenvalue weighted by Crippen LogP contribution is -2.44. The molecule has 1 saturated heterocycles. The van der Waals surface area contributed by atoms with Gasteiger partial charge in [-0.1, -0.05) is 12.1 Å². The van der Waals surface area contributed by atoms with Crippen molar-refractivity contribution >= 4 is 29.2 Å². The van der Waals surface area contributed by atoms with Crippen LogP contribution in [0.25, 0.3) is 0 Å². The molecule has 0 unspecified atom stereocenters. The van der Waals surface area contributed by atoms with Crippen LogP contribution in [0.5, 0.6) is 0 Å². The van der Waals surface area contributed by atoms with E-state index in [1.807, 2.05) is 30.3 Å². The Labute approximate surface area is 206 Å². The number of para-hydroxylation sites is 2. The Morgan fingerprint density at radius 2 is 1.53 bits per heavy atom. The van der Waals surface area contributed by atoms with Crippen molar-refractivity contribution < 1.29 is 28.3 Å². The Kier molecular flexibility index (Phi) is 8.46. The van der Waals surface area contributed by atoms with Crippen LogP contribution in [0.2, 0.25) is 0 Å². The fourth-order valence-electron chi connectivity index (χ4n) is 3.62. The third kappa shape index (κ3) is 6.74. The summed E-state index contributed by atoms with van der Waals surface area (Å²) in [4.78, 5) is 35.9. The normalized spacial score (nSPS) is 12.9. The van der Waals surface area contributed by atoms with Gasteiger partial charge in [-0.05, 0) is 49.2 Å². The minimum Gasteiger partial charge on any atom is -0.475 e. The number of nitrogens with zero attached hydrogens (tertiary/aromatic N) is 3. The summed E-state index contributed by atoms with van der Waals surface area (Å²) < 4.78 is 9.71. The van der Waals surface area contributed by atoms with Gasteiger partial charge in [-0.25, -0.2) is 4.79 Å². The van der Waals surface area contributed by atoms with Crippen molar-refractivity contribution in [2.24, 2.45) is 0 Å². The predicted octanol–water partition coefficient (Wildman–Crippen LogP) is 3.36. The number of rotatable bonds is 5. The van der Waals surface area contributed by atoms with Crippen molar-refractivity contribution in [3.05, 3.63) is 71.6 Å². The molecular weight excluding hydrogens is 466 g/mol. The van der Waals surface area contributed by atoms with Gasteiger partial charge < -0.3 is 29.5 Å². The minimum absolute atomic E-state index is 0.00806. The van der Waals surface area contributed by atoms with Crippen LogP contribution in [-0.2, 0) is 4.79 Å². The molecule has 0 saturated carbocycles. The molecule has 4 rings (SSSR count). The van der Waals surface area contributed by atoms with Crippen molar-refractivity contribution in [2.75, 3.05) is 23.3 Å². The van der Waals surface area contributed by atoms with Crippen LogP contribution < -0.4 is 15.5 Å². The Morgan fingerprint density at radius 3 is 2.06 bits per heavy atom. The highest BCUT2D eigenvalue weighted by atomic mass is 16.4. The first-order chi connectivity index (χ1) is 17.3. The summed E-state index contributed by atoms with van der Waals surface area (Å²) in [6.45, 7) is 3.11. The van der Waals surface area contributed by atoms with Gasteiger partial charge in [0.2, 0.25) is 23.2 Å². The zero-order valence-electron chi connectivity index (χ0n) is 19.4. The van der Waals surface area contributed by atoms with Gasteiger partial charge in [0.25, 0.3) is 5.91 Å². The molecule has 1 fully saturated rings. The highest BCUT2D eigenvalue weighted by molar-refractivity contribution is 6.04. The van der Waals surface area contributed by atoms with E-state index in [4.69, 9.17) is 20.0 Å². The first-order valence-corrected chi connectivity index (χ1v) is 11.0. The van der Waals surface area contributed by atoms with Crippen LogP contribution in [0.1, 0.15) is 52.4 Å². The lowest BCUT2D eigenvalue weighted by atomic mass is 10.0. The summed E-state index contributed by atoms with van der Waals surface area (Å²) in [6.07, 6.45) is 1.71. The number of carbonyl (C=O) groups is 3. The molecule has 2 amide bonds. The maximum absolute atomic E-state index is 12.4. The number of anilines is 2. The third-order valence-electron chi connectivity index (χ3n) is 5.26. The second-order valence-electron chi connectivity index (χ2n) is 7.79. The van der Waals surface area contributed by atoms with E-state index in [2.05, 4.69) is 20.0 Å². The molecule has 1 aliphatic heterocycles. The molecule has 36 heavy (non-hydrogen) atoms. The van der Waals surface area contributed by atoms with E-state index >= 15 is 0 Å².